The van der Waals surface area contributed by atoms with Gasteiger partial charge in [0.1, 0.15) is 5.82 Å². The first-order valence-electron chi connectivity index (χ1n) is 7.91. The third-order valence-corrected chi connectivity index (χ3v) is 3.79. The third kappa shape index (κ3) is 4.52. The summed E-state index contributed by atoms with van der Waals surface area (Å²) in [5, 5.41) is 6.09. The molecule has 3 rings (SSSR count). The Labute approximate surface area is 151 Å². The second-order valence-electron chi connectivity index (χ2n) is 5.97. The Kier molecular flexibility index (Phi) is 4.98. The molecule has 140 valence electrons. The lowest BCUT2D eigenvalue weighted by molar-refractivity contribution is -0.140. The predicted molar refractivity (Wildman–Crippen MR) is 90.4 cm³/mol. The van der Waals surface area contributed by atoms with E-state index >= 15 is 0 Å². The summed E-state index contributed by atoms with van der Waals surface area (Å²) in [4.78, 5) is 12.1. The average Bonchev–Trinajstić information content (AvgIpc) is 3.04. The fourth-order valence-corrected chi connectivity index (χ4v) is 2.44. The summed E-state index contributed by atoms with van der Waals surface area (Å²) < 4.78 is 56.7. The minimum Gasteiger partial charge on any atom is -0.356 e. The molecule has 0 unspecified atom stereocenters. The molecule has 0 saturated heterocycles. The molecule has 3 aromatic rings. The number of benzene rings is 2. The number of anilines is 1. The van der Waals surface area contributed by atoms with Crippen molar-refractivity contribution in [2.24, 2.45) is 0 Å². The van der Waals surface area contributed by atoms with Crippen molar-refractivity contribution in [3.05, 3.63) is 71.2 Å². The van der Waals surface area contributed by atoms with Crippen LogP contribution in [0.3, 0.4) is 0 Å². The largest absolute Gasteiger partial charge is 0.419 e. The van der Waals surface area contributed by atoms with Crippen molar-refractivity contribution < 1.29 is 26.9 Å². The molecule has 1 amide bonds. The van der Waals surface area contributed by atoms with Crippen LogP contribution in [0.4, 0.5) is 23.2 Å². The Balaban J connectivity index is 1.69. The number of halogens is 4. The van der Waals surface area contributed by atoms with E-state index in [1.807, 2.05) is 31.2 Å². The molecule has 0 fully saturated rings. The highest BCUT2D eigenvalue weighted by molar-refractivity contribution is 5.92. The van der Waals surface area contributed by atoms with Gasteiger partial charge in [-0.1, -0.05) is 35.0 Å². The van der Waals surface area contributed by atoms with Gasteiger partial charge in [-0.05, 0) is 25.1 Å². The third-order valence-electron chi connectivity index (χ3n) is 3.79. The van der Waals surface area contributed by atoms with E-state index in [4.69, 9.17) is 4.52 Å². The first-order chi connectivity index (χ1) is 12.7. The van der Waals surface area contributed by atoms with Crippen LogP contribution >= 0.6 is 0 Å². The number of hydrogen-bond donors (Lipinski definition) is 1. The van der Waals surface area contributed by atoms with Gasteiger partial charge in [0.05, 0.1) is 17.7 Å². The summed E-state index contributed by atoms with van der Waals surface area (Å²) in [6.45, 7) is 1.94. The zero-order valence-electron chi connectivity index (χ0n) is 14.1. The highest BCUT2D eigenvalue weighted by Crippen LogP contribution is 2.33. The Hall–Kier alpha value is -3.16. The number of hydrogen-bond acceptors (Lipinski definition) is 3. The normalized spacial score (nSPS) is 11.4. The minimum atomic E-state index is -4.85. The van der Waals surface area contributed by atoms with E-state index in [1.54, 1.807) is 6.07 Å². The highest BCUT2D eigenvalue weighted by Gasteiger charge is 2.34. The van der Waals surface area contributed by atoms with Crippen LogP contribution in [0, 0.1) is 12.7 Å². The van der Waals surface area contributed by atoms with Crippen LogP contribution in [0.5, 0.6) is 0 Å². The number of carbonyl (C=O) groups is 1. The predicted octanol–water partition coefficient (Wildman–Crippen LogP) is 4.99. The Morgan fingerprint density at radius 1 is 1.11 bits per heavy atom. The number of carbonyl (C=O) groups excluding carboxylic acids is 1. The smallest absolute Gasteiger partial charge is 0.356 e. The standard InChI is InChI=1S/C19H14F4N2O2/c1-11-2-4-12(5-3-11)17-9-14(25-27-17)10-18(26)24-13-6-7-16(20)15(8-13)19(21,22)23/h2-9H,10H2,1H3,(H,24,26). The number of nitrogens with one attached hydrogen (secondary N) is 1. The van der Waals surface area contributed by atoms with Gasteiger partial charge >= 0.3 is 6.18 Å². The van der Waals surface area contributed by atoms with Gasteiger partial charge in [0.15, 0.2) is 5.76 Å². The van der Waals surface area contributed by atoms with Crippen LogP contribution in [0.25, 0.3) is 11.3 Å². The topological polar surface area (TPSA) is 55.1 Å². The van der Waals surface area contributed by atoms with Gasteiger partial charge < -0.3 is 9.84 Å². The lowest BCUT2D eigenvalue weighted by Gasteiger charge is -2.10. The molecule has 0 saturated carbocycles. The lowest BCUT2D eigenvalue weighted by atomic mass is 10.1. The van der Waals surface area contributed by atoms with Crippen molar-refractivity contribution >= 4 is 11.6 Å². The van der Waals surface area contributed by atoms with Crippen LogP contribution in [-0.4, -0.2) is 11.1 Å². The number of aromatic nitrogens is 1. The highest BCUT2D eigenvalue weighted by atomic mass is 19.4. The van der Waals surface area contributed by atoms with Gasteiger partial charge in [-0.3, -0.25) is 4.79 Å². The molecule has 0 aliphatic carbocycles. The molecule has 1 N–H and O–H groups in total. The maximum atomic E-state index is 13.3. The van der Waals surface area contributed by atoms with Crippen LogP contribution in [-0.2, 0) is 17.4 Å². The molecule has 0 bridgehead atoms. The Bertz CT molecular complexity index is 963. The van der Waals surface area contributed by atoms with Crippen LogP contribution < -0.4 is 5.32 Å². The summed E-state index contributed by atoms with van der Waals surface area (Å²) in [6, 6.07) is 11.3. The summed E-state index contributed by atoms with van der Waals surface area (Å²) in [5.74, 6) is -1.53. The number of rotatable bonds is 4. The molecule has 8 heteroatoms. The van der Waals surface area contributed by atoms with E-state index in [0.717, 1.165) is 17.2 Å². The first kappa shape index (κ1) is 18.6. The van der Waals surface area contributed by atoms with Crippen molar-refractivity contribution in [3.63, 3.8) is 0 Å². The molecule has 1 heterocycles. The zero-order chi connectivity index (χ0) is 19.6. The van der Waals surface area contributed by atoms with Crippen LogP contribution in [0.15, 0.2) is 53.1 Å². The molecule has 0 aliphatic heterocycles. The van der Waals surface area contributed by atoms with Gasteiger partial charge in [-0.15, -0.1) is 0 Å². The number of aryl methyl sites for hydroxylation is 1. The summed E-state index contributed by atoms with van der Waals surface area (Å²) in [7, 11) is 0. The SMILES string of the molecule is Cc1ccc(-c2cc(CC(=O)Nc3ccc(F)c(C(F)(F)F)c3)no2)cc1. The maximum Gasteiger partial charge on any atom is 0.419 e. The fourth-order valence-electron chi connectivity index (χ4n) is 2.44. The monoisotopic (exact) mass is 378 g/mol. The number of nitrogens with zero attached hydrogens (tertiary/aromatic N) is 1. The van der Waals surface area contributed by atoms with Gasteiger partial charge in [-0.25, -0.2) is 4.39 Å². The molecule has 0 aliphatic rings. The lowest BCUT2D eigenvalue weighted by Crippen LogP contribution is -2.16. The average molecular weight is 378 g/mol. The van der Waals surface area contributed by atoms with Crippen LogP contribution in [0.1, 0.15) is 16.8 Å². The van der Waals surface area contributed by atoms with Gasteiger partial charge in [0.25, 0.3) is 0 Å². The molecule has 27 heavy (non-hydrogen) atoms. The Morgan fingerprint density at radius 3 is 2.48 bits per heavy atom. The summed E-state index contributed by atoms with van der Waals surface area (Å²) in [5.41, 5.74) is 0.587. The Morgan fingerprint density at radius 2 is 1.81 bits per heavy atom. The van der Waals surface area contributed by atoms with E-state index in [0.29, 0.717) is 23.6 Å². The van der Waals surface area contributed by atoms with Crippen LogP contribution in [0.2, 0.25) is 0 Å². The van der Waals surface area contributed by atoms with Gasteiger partial charge in [0.2, 0.25) is 5.91 Å². The van der Waals surface area contributed by atoms with E-state index in [1.165, 1.54) is 0 Å². The molecule has 0 radical (unpaired) electrons. The van der Waals surface area contributed by atoms with E-state index in [9.17, 15) is 22.4 Å². The molecule has 0 atom stereocenters. The van der Waals surface area contributed by atoms with E-state index < -0.39 is 23.5 Å². The van der Waals surface area contributed by atoms with E-state index in [-0.39, 0.29) is 12.1 Å². The molecule has 0 spiro atoms. The molecule has 2 aromatic carbocycles. The van der Waals surface area contributed by atoms with Gasteiger partial charge in [0, 0.05) is 17.3 Å². The molecular formula is C19H14F4N2O2. The van der Waals surface area contributed by atoms with Crippen molar-refractivity contribution in [1.29, 1.82) is 0 Å². The van der Waals surface area contributed by atoms with Crippen molar-refractivity contribution in [2.75, 3.05) is 5.32 Å². The molecular weight excluding hydrogens is 364 g/mol. The zero-order valence-corrected chi connectivity index (χ0v) is 14.1. The second kappa shape index (κ2) is 7.22. The maximum absolute atomic E-state index is 13.3. The molecule has 4 nitrogen and oxygen atoms in total. The summed E-state index contributed by atoms with van der Waals surface area (Å²) in [6.07, 6.45) is -5.05. The quantitative estimate of drug-likeness (QED) is 0.651. The second-order valence-corrected chi connectivity index (χ2v) is 5.97. The minimum absolute atomic E-state index is 0.157. The molecule has 1 aromatic heterocycles. The summed E-state index contributed by atoms with van der Waals surface area (Å²) >= 11 is 0. The first-order valence-corrected chi connectivity index (χ1v) is 7.91. The van der Waals surface area contributed by atoms with E-state index in [2.05, 4.69) is 10.5 Å². The van der Waals surface area contributed by atoms with Gasteiger partial charge in [-0.2, -0.15) is 13.2 Å². The van der Waals surface area contributed by atoms with Crippen molar-refractivity contribution in [1.82, 2.24) is 5.16 Å². The number of amides is 1. The fraction of sp³-hybridized carbons (Fsp3) is 0.158. The van der Waals surface area contributed by atoms with Crippen molar-refractivity contribution in [3.8, 4) is 11.3 Å². The van der Waals surface area contributed by atoms with Crippen molar-refractivity contribution in [2.45, 2.75) is 19.5 Å². The number of alkyl halides is 3.